The van der Waals surface area contributed by atoms with Gasteiger partial charge in [0.1, 0.15) is 5.75 Å². The third kappa shape index (κ3) is 1.88. The molecule has 0 saturated carbocycles. The molecule has 0 spiro atoms. The molecule has 1 heterocycles. The van der Waals surface area contributed by atoms with Gasteiger partial charge in [-0.15, -0.1) is 0 Å². The van der Waals surface area contributed by atoms with Gasteiger partial charge in [0.2, 0.25) is 0 Å². The maximum Gasteiger partial charge on any atom is 0.182 e. The summed E-state index contributed by atoms with van der Waals surface area (Å²) in [4.78, 5) is 3.03. The van der Waals surface area contributed by atoms with E-state index in [9.17, 15) is 0 Å². The Bertz CT molecular complexity index is 542. The maximum absolute atomic E-state index is 5.59. The number of para-hydroxylation sites is 2. The molecule has 0 amide bonds. The summed E-state index contributed by atoms with van der Waals surface area (Å²) in [7, 11) is 0. The number of nitrogens with one attached hydrogen (secondary N) is 1. The van der Waals surface area contributed by atoms with Crippen molar-refractivity contribution in [3.05, 3.63) is 40.9 Å². The maximum atomic E-state index is 5.59. The summed E-state index contributed by atoms with van der Waals surface area (Å²) in [5.41, 5.74) is 2.05. The van der Waals surface area contributed by atoms with Crippen LogP contribution in [0.5, 0.6) is 5.75 Å². The summed E-state index contributed by atoms with van der Waals surface area (Å²) in [5.74, 6) is 0.851. The summed E-state index contributed by atoms with van der Waals surface area (Å²) in [6.07, 6.45) is 1.89. The van der Waals surface area contributed by atoms with Crippen molar-refractivity contribution in [3.8, 4) is 11.4 Å². The Labute approximate surface area is 99.7 Å². The van der Waals surface area contributed by atoms with Gasteiger partial charge in [-0.3, -0.25) is 4.57 Å². The average Bonchev–Trinajstić information content (AvgIpc) is 2.60. The molecular weight excluding hydrogens is 220 g/mol. The number of imidazole rings is 1. The van der Waals surface area contributed by atoms with E-state index in [4.69, 9.17) is 17.0 Å². The third-order valence-electron chi connectivity index (χ3n) is 2.37. The van der Waals surface area contributed by atoms with Crippen molar-refractivity contribution in [2.24, 2.45) is 0 Å². The molecule has 0 radical (unpaired) electrons. The Balaban J connectivity index is 2.60. The Morgan fingerprint density at radius 2 is 2.12 bits per heavy atom. The van der Waals surface area contributed by atoms with E-state index in [1.165, 1.54) is 0 Å². The van der Waals surface area contributed by atoms with Crippen molar-refractivity contribution in [2.75, 3.05) is 6.61 Å². The lowest BCUT2D eigenvalue weighted by atomic mass is 10.3. The molecule has 16 heavy (non-hydrogen) atoms. The van der Waals surface area contributed by atoms with Crippen LogP contribution in [-0.2, 0) is 0 Å². The monoisotopic (exact) mass is 234 g/mol. The molecule has 1 aromatic carbocycles. The molecule has 0 aliphatic heterocycles. The molecule has 1 N–H and O–H groups in total. The fourth-order valence-electron chi connectivity index (χ4n) is 1.67. The minimum Gasteiger partial charge on any atom is -0.492 e. The number of aromatic amines is 1. The van der Waals surface area contributed by atoms with E-state index >= 15 is 0 Å². The highest BCUT2D eigenvalue weighted by atomic mass is 32.1. The topological polar surface area (TPSA) is 29.9 Å². The van der Waals surface area contributed by atoms with Crippen LogP contribution in [0, 0.1) is 11.7 Å². The summed E-state index contributed by atoms with van der Waals surface area (Å²) < 4.78 is 8.25. The van der Waals surface area contributed by atoms with Gasteiger partial charge in [0.25, 0.3) is 0 Å². The van der Waals surface area contributed by atoms with Crippen LogP contribution in [0.15, 0.2) is 30.5 Å². The lowest BCUT2D eigenvalue weighted by Crippen LogP contribution is -2.01. The molecule has 0 aliphatic carbocycles. The van der Waals surface area contributed by atoms with Crippen molar-refractivity contribution >= 4 is 12.2 Å². The summed E-state index contributed by atoms with van der Waals surface area (Å²) >= 11 is 5.25. The third-order valence-corrected chi connectivity index (χ3v) is 2.67. The zero-order valence-corrected chi connectivity index (χ0v) is 10.2. The largest absolute Gasteiger partial charge is 0.492 e. The SMILES string of the molecule is CCOc1ccccc1-n1c(C)c[nH]c1=S. The fourth-order valence-corrected chi connectivity index (χ4v) is 1.98. The van der Waals surface area contributed by atoms with Gasteiger partial charge in [-0.05, 0) is 38.2 Å². The van der Waals surface area contributed by atoms with Crippen LogP contribution >= 0.6 is 12.2 Å². The highest BCUT2D eigenvalue weighted by molar-refractivity contribution is 7.71. The second kappa shape index (κ2) is 4.53. The zero-order valence-electron chi connectivity index (χ0n) is 9.36. The van der Waals surface area contributed by atoms with Gasteiger partial charge in [0.15, 0.2) is 4.77 Å². The van der Waals surface area contributed by atoms with E-state index in [-0.39, 0.29) is 0 Å². The quantitative estimate of drug-likeness (QED) is 0.826. The van der Waals surface area contributed by atoms with Crippen LogP contribution < -0.4 is 4.74 Å². The molecule has 2 rings (SSSR count). The van der Waals surface area contributed by atoms with Gasteiger partial charge < -0.3 is 9.72 Å². The second-order valence-electron chi connectivity index (χ2n) is 3.47. The smallest absolute Gasteiger partial charge is 0.182 e. The molecule has 0 bridgehead atoms. The van der Waals surface area contributed by atoms with E-state index in [1.807, 2.05) is 48.9 Å². The van der Waals surface area contributed by atoms with Crippen molar-refractivity contribution in [3.63, 3.8) is 0 Å². The van der Waals surface area contributed by atoms with Crippen LogP contribution in [0.1, 0.15) is 12.6 Å². The number of benzene rings is 1. The summed E-state index contributed by atoms with van der Waals surface area (Å²) in [6.45, 7) is 4.63. The molecule has 4 heteroatoms. The molecule has 0 fully saturated rings. The zero-order chi connectivity index (χ0) is 11.5. The number of nitrogens with zero attached hydrogens (tertiary/aromatic N) is 1. The van der Waals surface area contributed by atoms with E-state index in [1.54, 1.807) is 0 Å². The Kier molecular flexibility index (Phi) is 3.10. The van der Waals surface area contributed by atoms with Crippen LogP contribution in [0.25, 0.3) is 5.69 Å². The van der Waals surface area contributed by atoms with E-state index in [0.29, 0.717) is 11.4 Å². The van der Waals surface area contributed by atoms with Crippen LogP contribution in [0.3, 0.4) is 0 Å². The molecule has 0 aliphatic rings. The normalized spacial score (nSPS) is 10.4. The van der Waals surface area contributed by atoms with E-state index in [0.717, 1.165) is 17.1 Å². The fraction of sp³-hybridized carbons (Fsp3) is 0.250. The number of rotatable bonds is 3. The minimum absolute atomic E-state index is 0.647. The standard InChI is InChI=1S/C12H14N2OS/c1-3-15-11-7-5-4-6-10(11)14-9(2)8-13-12(14)16/h4-8H,3H2,1-2H3,(H,13,16). The number of hydrogen-bond acceptors (Lipinski definition) is 2. The molecular formula is C12H14N2OS. The number of ether oxygens (including phenoxy) is 1. The van der Waals surface area contributed by atoms with Gasteiger partial charge in [0, 0.05) is 11.9 Å². The van der Waals surface area contributed by atoms with Crippen molar-refractivity contribution in [2.45, 2.75) is 13.8 Å². The molecule has 3 nitrogen and oxygen atoms in total. The highest BCUT2D eigenvalue weighted by Gasteiger charge is 2.07. The second-order valence-corrected chi connectivity index (χ2v) is 3.86. The Morgan fingerprint density at radius 3 is 2.75 bits per heavy atom. The Morgan fingerprint density at radius 1 is 1.38 bits per heavy atom. The molecule has 0 unspecified atom stereocenters. The van der Waals surface area contributed by atoms with E-state index < -0.39 is 0 Å². The minimum atomic E-state index is 0.647. The first-order valence-electron chi connectivity index (χ1n) is 5.23. The van der Waals surface area contributed by atoms with Crippen molar-refractivity contribution in [1.82, 2.24) is 9.55 Å². The number of aryl methyl sites for hydroxylation is 1. The number of hydrogen-bond donors (Lipinski definition) is 1. The predicted octanol–water partition coefficient (Wildman–Crippen LogP) is 3.24. The van der Waals surface area contributed by atoms with Gasteiger partial charge in [-0.1, -0.05) is 12.1 Å². The predicted molar refractivity (Wildman–Crippen MR) is 66.9 cm³/mol. The molecule has 0 atom stereocenters. The first-order chi connectivity index (χ1) is 7.74. The van der Waals surface area contributed by atoms with Crippen LogP contribution in [0.2, 0.25) is 0 Å². The van der Waals surface area contributed by atoms with Gasteiger partial charge in [0.05, 0.1) is 12.3 Å². The molecule has 1 aromatic heterocycles. The van der Waals surface area contributed by atoms with Crippen molar-refractivity contribution in [1.29, 1.82) is 0 Å². The average molecular weight is 234 g/mol. The molecule has 0 saturated heterocycles. The van der Waals surface area contributed by atoms with Gasteiger partial charge in [-0.2, -0.15) is 0 Å². The van der Waals surface area contributed by atoms with Crippen molar-refractivity contribution < 1.29 is 4.74 Å². The van der Waals surface area contributed by atoms with E-state index in [2.05, 4.69) is 4.98 Å². The highest BCUT2D eigenvalue weighted by Crippen LogP contribution is 2.24. The van der Waals surface area contributed by atoms with Crippen LogP contribution in [-0.4, -0.2) is 16.2 Å². The lowest BCUT2D eigenvalue weighted by Gasteiger charge is -2.11. The first kappa shape index (κ1) is 11.0. The van der Waals surface area contributed by atoms with Gasteiger partial charge >= 0.3 is 0 Å². The van der Waals surface area contributed by atoms with Gasteiger partial charge in [-0.25, -0.2) is 0 Å². The number of H-pyrrole nitrogens is 1. The number of aromatic nitrogens is 2. The lowest BCUT2D eigenvalue weighted by molar-refractivity contribution is 0.339. The Hall–Kier alpha value is -1.55. The van der Waals surface area contributed by atoms with Crippen LogP contribution in [0.4, 0.5) is 0 Å². The first-order valence-corrected chi connectivity index (χ1v) is 5.64. The molecule has 84 valence electrons. The summed E-state index contributed by atoms with van der Waals surface area (Å²) in [5, 5.41) is 0. The molecule has 2 aromatic rings. The summed E-state index contributed by atoms with van der Waals surface area (Å²) in [6, 6.07) is 7.89.